The Balaban J connectivity index is 1.64. The highest BCUT2D eigenvalue weighted by atomic mass is 15.3. The van der Waals surface area contributed by atoms with E-state index in [1.54, 1.807) is 0 Å². The highest BCUT2D eigenvalue weighted by Crippen LogP contribution is 2.14. The molecular formula is C13H27N3. The second-order valence-electron chi connectivity index (χ2n) is 5.34. The summed E-state index contributed by atoms with van der Waals surface area (Å²) >= 11 is 0. The summed E-state index contributed by atoms with van der Waals surface area (Å²) in [5.74, 6) is 0.957. The maximum atomic E-state index is 3.45. The fraction of sp³-hybridized carbons (Fsp3) is 1.00. The van der Waals surface area contributed by atoms with Crippen LogP contribution in [-0.4, -0.2) is 62.2 Å². The van der Waals surface area contributed by atoms with Gasteiger partial charge in [0, 0.05) is 32.7 Å². The zero-order chi connectivity index (χ0) is 11.2. The third-order valence-electron chi connectivity index (χ3n) is 3.98. The van der Waals surface area contributed by atoms with Crippen molar-refractivity contribution in [2.75, 3.05) is 52.4 Å². The molecule has 0 atom stereocenters. The van der Waals surface area contributed by atoms with Gasteiger partial charge in [0.05, 0.1) is 0 Å². The first kappa shape index (κ1) is 12.3. The molecule has 0 spiro atoms. The minimum absolute atomic E-state index is 0.957. The monoisotopic (exact) mass is 225 g/mol. The Morgan fingerprint density at radius 1 is 1.00 bits per heavy atom. The summed E-state index contributed by atoms with van der Waals surface area (Å²) in [6, 6.07) is 0. The summed E-state index contributed by atoms with van der Waals surface area (Å²) in [4.78, 5) is 5.29. The van der Waals surface area contributed by atoms with E-state index in [0.29, 0.717) is 0 Å². The molecule has 16 heavy (non-hydrogen) atoms. The number of nitrogens with zero attached hydrogens (tertiary/aromatic N) is 2. The largest absolute Gasteiger partial charge is 0.317 e. The number of hydrogen-bond donors (Lipinski definition) is 1. The van der Waals surface area contributed by atoms with Crippen LogP contribution >= 0.6 is 0 Å². The van der Waals surface area contributed by atoms with Gasteiger partial charge in [-0.05, 0) is 44.8 Å². The molecule has 94 valence electrons. The van der Waals surface area contributed by atoms with Crippen molar-refractivity contribution in [2.45, 2.75) is 26.2 Å². The molecule has 2 rings (SSSR count). The average Bonchev–Trinajstić information content (AvgIpc) is 2.33. The van der Waals surface area contributed by atoms with E-state index in [1.807, 2.05) is 0 Å². The highest BCUT2D eigenvalue weighted by molar-refractivity contribution is 4.76. The number of rotatable bonds is 4. The molecule has 0 amide bonds. The minimum Gasteiger partial charge on any atom is -0.317 e. The third-order valence-corrected chi connectivity index (χ3v) is 3.98. The lowest BCUT2D eigenvalue weighted by Crippen LogP contribution is -2.48. The summed E-state index contributed by atoms with van der Waals surface area (Å²) in [7, 11) is 0. The van der Waals surface area contributed by atoms with Gasteiger partial charge in [0.2, 0.25) is 0 Å². The lowest BCUT2D eigenvalue weighted by molar-refractivity contribution is 0.111. The molecule has 0 radical (unpaired) electrons. The molecule has 3 nitrogen and oxygen atoms in total. The molecule has 0 saturated carbocycles. The first-order valence-electron chi connectivity index (χ1n) is 7.04. The van der Waals surface area contributed by atoms with Gasteiger partial charge in [0.25, 0.3) is 0 Å². The van der Waals surface area contributed by atoms with E-state index < -0.39 is 0 Å². The molecule has 1 N–H and O–H groups in total. The Morgan fingerprint density at radius 2 is 1.62 bits per heavy atom. The van der Waals surface area contributed by atoms with Crippen molar-refractivity contribution in [1.82, 2.24) is 15.1 Å². The van der Waals surface area contributed by atoms with Gasteiger partial charge in [-0.2, -0.15) is 0 Å². The fourth-order valence-corrected chi connectivity index (χ4v) is 2.94. The Hall–Kier alpha value is -0.120. The van der Waals surface area contributed by atoms with Crippen LogP contribution in [0.5, 0.6) is 0 Å². The zero-order valence-corrected chi connectivity index (χ0v) is 10.7. The van der Waals surface area contributed by atoms with Crippen LogP contribution in [-0.2, 0) is 0 Å². The van der Waals surface area contributed by atoms with Crippen molar-refractivity contribution in [1.29, 1.82) is 0 Å². The Bertz CT molecular complexity index is 182. The number of hydrogen-bond acceptors (Lipinski definition) is 3. The molecule has 0 unspecified atom stereocenters. The number of piperazine rings is 1. The number of piperidine rings is 1. The first-order chi connectivity index (χ1) is 7.88. The van der Waals surface area contributed by atoms with E-state index in [0.717, 1.165) is 5.92 Å². The zero-order valence-electron chi connectivity index (χ0n) is 10.7. The van der Waals surface area contributed by atoms with E-state index in [9.17, 15) is 0 Å². The molecule has 2 saturated heterocycles. The molecule has 0 aromatic carbocycles. The maximum Gasteiger partial charge on any atom is 0.0110 e. The highest BCUT2D eigenvalue weighted by Gasteiger charge is 2.20. The van der Waals surface area contributed by atoms with Gasteiger partial charge in [0.15, 0.2) is 0 Å². The summed E-state index contributed by atoms with van der Waals surface area (Å²) in [6.45, 7) is 12.6. The molecular weight excluding hydrogens is 198 g/mol. The van der Waals surface area contributed by atoms with Gasteiger partial charge in [-0.25, -0.2) is 0 Å². The maximum absolute atomic E-state index is 3.45. The van der Waals surface area contributed by atoms with Crippen molar-refractivity contribution in [2.24, 2.45) is 5.92 Å². The molecule has 2 heterocycles. The third kappa shape index (κ3) is 3.72. The van der Waals surface area contributed by atoms with Gasteiger partial charge < -0.3 is 15.1 Å². The van der Waals surface area contributed by atoms with E-state index in [4.69, 9.17) is 0 Å². The molecule has 2 fully saturated rings. The first-order valence-corrected chi connectivity index (χ1v) is 7.04. The Kier molecular flexibility index (Phi) is 5.07. The van der Waals surface area contributed by atoms with Crippen LogP contribution in [0.25, 0.3) is 0 Å². The van der Waals surface area contributed by atoms with Gasteiger partial charge >= 0.3 is 0 Å². The molecule has 0 aliphatic carbocycles. The van der Waals surface area contributed by atoms with Crippen LogP contribution in [0.2, 0.25) is 0 Å². The van der Waals surface area contributed by atoms with E-state index in [-0.39, 0.29) is 0 Å². The van der Waals surface area contributed by atoms with Crippen LogP contribution in [0.1, 0.15) is 26.2 Å². The quantitative estimate of drug-likeness (QED) is 0.770. The molecule has 2 aliphatic heterocycles. The van der Waals surface area contributed by atoms with Gasteiger partial charge in [-0.3, -0.25) is 0 Å². The molecule has 0 aromatic rings. The van der Waals surface area contributed by atoms with Crippen LogP contribution in [0.4, 0.5) is 0 Å². The lowest BCUT2D eigenvalue weighted by Gasteiger charge is -2.37. The topological polar surface area (TPSA) is 18.5 Å². The molecule has 0 aromatic heterocycles. The van der Waals surface area contributed by atoms with Crippen molar-refractivity contribution < 1.29 is 0 Å². The van der Waals surface area contributed by atoms with Crippen LogP contribution < -0.4 is 5.32 Å². The van der Waals surface area contributed by atoms with E-state index in [1.165, 1.54) is 71.6 Å². The predicted octanol–water partition coefficient (Wildman–Crippen LogP) is 1.01. The smallest absolute Gasteiger partial charge is 0.0110 e. The van der Waals surface area contributed by atoms with Crippen molar-refractivity contribution in [3.63, 3.8) is 0 Å². The lowest BCUT2D eigenvalue weighted by atomic mass is 9.97. The summed E-state index contributed by atoms with van der Waals surface area (Å²) < 4.78 is 0. The molecule has 0 bridgehead atoms. The second kappa shape index (κ2) is 6.58. The standard InChI is InChI=1S/C13H27N3/c1-2-7-15-8-10-16(11-9-15)12-13-3-5-14-6-4-13/h13-14H,2-12H2,1H3. The van der Waals surface area contributed by atoms with Crippen LogP contribution in [0.3, 0.4) is 0 Å². The average molecular weight is 225 g/mol. The normalized spacial score (nSPS) is 26.1. The van der Waals surface area contributed by atoms with Gasteiger partial charge in [0.1, 0.15) is 0 Å². The van der Waals surface area contributed by atoms with Crippen LogP contribution in [0, 0.1) is 5.92 Å². The van der Waals surface area contributed by atoms with E-state index >= 15 is 0 Å². The van der Waals surface area contributed by atoms with Crippen molar-refractivity contribution >= 4 is 0 Å². The van der Waals surface area contributed by atoms with Gasteiger partial charge in [-0.15, -0.1) is 0 Å². The second-order valence-corrected chi connectivity index (χ2v) is 5.34. The SMILES string of the molecule is CCCN1CCN(CC2CCNCC2)CC1. The molecule has 3 heteroatoms. The van der Waals surface area contributed by atoms with Crippen LogP contribution in [0.15, 0.2) is 0 Å². The number of nitrogens with one attached hydrogen (secondary N) is 1. The fourth-order valence-electron chi connectivity index (χ4n) is 2.94. The summed E-state index contributed by atoms with van der Waals surface area (Å²) in [5.41, 5.74) is 0. The summed E-state index contributed by atoms with van der Waals surface area (Å²) in [6.07, 6.45) is 4.07. The van der Waals surface area contributed by atoms with Gasteiger partial charge in [-0.1, -0.05) is 6.92 Å². The minimum atomic E-state index is 0.957. The van der Waals surface area contributed by atoms with Crippen molar-refractivity contribution in [3.8, 4) is 0 Å². The predicted molar refractivity (Wildman–Crippen MR) is 68.8 cm³/mol. The van der Waals surface area contributed by atoms with Crippen molar-refractivity contribution in [3.05, 3.63) is 0 Å². The van der Waals surface area contributed by atoms with E-state index in [2.05, 4.69) is 22.0 Å². The Labute approximate surface area is 100 Å². The summed E-state index contributed by atoms with van der Waals surface area (Å²) in [5, 5.41) is 3.45. The molecule has 2 aliphatic rings. The Morgan fingerprint density at radius 3 is 2.25 bits per heavy atom.